The number of hydrogen-bond donors (Lipinski definition) is 2. The Morgan fingerprint density at radius 1 is 1.09 bits per heavy atom. The third-order valence-electron chi connectivity index (χ3n) is 4.76. The van der Waals surface area contributed by atoms with Crippen LogP contribution in [0.2, 0.25) is 10.0 Å². The number of ether oxygens (including phenoxy) is 1. The SMILES string of the molecule is CN(C)CCOc1ccc(Nc2ncc3c(N)n(-c4c(Cl)cccc4Cl)c(=O)nc3n2)cc1. The Labute approximate surface area is 199 Å². The molecule has 0 saturated carbocycles. The Hall–Kier alpha value is -3.40. The first-order valence-corrected chi connectivity index (χ1v) is 10.7. The first kappa shape index (κ1) is 22.8. The quantitative estimate of drug-likeness (QED) is 0.407. The maximum Gasteiger partial charge on any atom is 0.355 e. The average molecular weight is 486 g/mol. The molecule has 9 nitrogen and oxygen atoms in total. The van der Waals surface area contributed by atoms with Gasteiger partial charge in [-0.1, -0.05) is 29.3 Å². The minimum Gasteiger partial charge on any atom is -0.492 e. The molecule has 0 atom stereocenters. The third kappa shape index (κ3) is 5.00. The van der Waals surface area contributed by atoms with Crippen molar-refractivity contribution in [1.29, 1.82) is 0 Å². The van der Waals surface area contributed by atoms with Crippen LogP contribution in [0.4, 0.5) is 17.5 Å². The first-order chi connectivity index (χ1) is 15.8. The van der Waals surface area contributed by atoms with Crippen molar-refractivity contribution >= 4 is 51.7 Å². The zero-order valence-corrected chi connectivity index (χ0v) is 19.4. The van der Waals surface area contributed by atoms with Gasteiger partial charge in [-0.25, -0.2) is 14.3 Å². The van der Waals surface area contributed by atoms with Gasteiger partial charge in [0.15, 0.2) is 5.65 Å². The Morgan fingerprint density at radius 2 is 1.79 bits per heavy atom. The summed E-state index contributed by atoms with van der Waals surface area (Å²) in [6.45, 7) is 1.42. The van der Waals surface area contributed by atoms with E-state index in [4.69, 9.17) is 33.7 Å². The van der Waals surface area contributed by atoms with Crippen LogP contribution < -0.4 is 21.5 Å². The maximum atomic E-state index is 12.8. The number of hydrogen-bond acceptors (Lipinski definition) is 8. The standard InChI is InChI=1S/C22H21Cl2N7O2/c1-30(2)10-11-33-14-8-6-13(7-9-14)27-21-26-12-15-19(25)31(22(32)29-20(15)28-21)18-16(23)4-3-5-17(18)24/h3-9,12H,10-11,25H2,1-2H3,(H,27,28,29,32). The summed E-state index contributed by atoms with van der Waals surface area (Å²) >= 11 is 12.5. The Balaban J connectivity index is 1.60. The van der Waals surface area contributed by atoms with E-state index in [0.717, 1.165) is 22.5 Å². The predicted molar refractivity (Wildman–Crippen MR) is 131 cm³/mol. The lowest BCUT2D eigenvalue weighted by Crippen LogP contribution is -2.25. The van der Waals surface area contributed by atoms with Gasteiger partial charge in [-0.05, 0) is 50.5 Å². The van der Waals surface area contributed by atoms with Gasteiger partial charge in [0.25, 0.3) is 0 Å². The molecule has 0 fully saturated rings. The molecule has 0 spiro atoms. The fraction of sp³-hybridized carbons (Fsp3) is 0.182. The highest BCUT2D eigenvalue weighted by molar-refractivity contribution is 6.37. The number of nitrogens with two attached hydrogens (primary N) is 1. The predicted octanol–water partition coefficient (Wildman–Crippen LogP) is 3.75. The van der Waals surface area contributed by atoms with Gasteiger partial charge >= 0.3 is 5.69 Å². The second-order valence-corrected chi connectivity index (χ2v) is 8.23. The third-order valence-corrected chi connectivity index (χ3v) is 5.37. The van der Waals surface area contributed by atoms with E-state index < -0.39 is 5.69 Å². The van der Waals surface area contributed by atoms with Crippen molar-refractivity contribution in [3.8, 4) is 11.4 Å². The van der Waals surface area contributed by atoms with Gasteiger partial charge in [-0.3, -0.25) is 0 Å². The molecule has 2 aromatic carbocycles. The maximum absolute atomic E-state index is 12.8. The Kier molecular flexibility index (Phi) is 6.64. The van der Waals surface area contributed by atoms with Crippen molar-refractivity contribution in [2.75, 3.05) is 38.3 Å². The molecule has 2 heterocycles. The highest BCUT2D eigenvalue weighted by Crippen LogP contribution is 2.30. The molecule has 0 saturated heterocycles. The summed E-state index contributed by atoms with van der Waals surface area (Å²) in [7, 11) is 3.98. The minimum absolute atomic E-state index is 0.0887. The number of aromatic nitrogens is 4. The average Bonchev–Trinajstić information content (AvgIpc) is 2.76. The Morgan fingerprint density at radius 3 is 2.45 bits per heavy atom. The second-order valence-electron chi connectivity index (χ2n) is 7.42. The van der Waals surface area contributed by atoms with E-state index in [9.17, 15) is 4.79 Å². The van der Waals surface area contributed by atoms with Gasteiger partial charge in [0.1, 0.15) is 18.2 Å². The first-order valence-electron chi connectivity index (χ1n) is 9.98. The molecule has 0 unspecified atom stereocenters. The number of para-hydroxylation sites is 1. The van der Waals surface area contributed by atoms with E-state index >= 15 is 0 Å². The Bertz CT molecular complexity index is 1340. The summed E-state index contributed by atoms with van der Waals surface area (Å²) in [5.74, 6) is 1.12. The second kappa shape index (κ2) is 9.62. The summed E-state index contributed by atoms with van der Waals surface area (Å²) in [6, 6.07) is 12.3. The number of rotatable bonds is 7. The van der Waals surface area contributed by atoms with Gasteiger partial charge in [-0.2, -0.15) is 9.97 Å². The van der Waals surface area contributed by atoms with Crippen molar-refractivity contribution in [3.05, 3.63) is 69.2 Å². The number of nitrogens with one attached hydrogen (secondary N) is 1. The van der Waals surface area contributed by atoms with Crippen LogP contribution in [0.25, 0.3) is 16.7 Å². The molecule has 0 aliphatic rings. The molecule has 11 heteroatoms. The highest BCUT2D eigenvalue weighted by atomic mass is 35.5. The number of fused-ring (bicyclic) bond motifs is 1. The van der Waals surface area contributed by atoms with Crippen LogP contribution in [-0.4, -0.2) is 51.7 Å². The van der Waals surface area contributed by atoms with Crippen LogP contribution in [0.15, 0.2) is 53.5 Å². The van der Waals surface area contributed by atoms with Crippen molar-refractivity contribution < 1.29 is 4.74 Å². The number of nitrogen functional groups attached to an aromatic ring is 1. The topological polar surface area (TPSA) is 111 Å². The molecule has 4 aromatic rings. The van der Waals surface area contributed by atoms with Crippen molar-refractivity contribution in [3.63, 3.8) is 0 Å². The number of likely N-dealkylation sites (N-methyl/N-ethyl adjacent to an activating group) is 1. The number of benzene rings is 2. The van der Waals surface area contributed by atoms with E-state index in [1.165, 1.54) is 6.20 Å². The summed E-state index contributed by atoms with van der Waals surface area (Å²) in [4.78, 5) is 27.5. The summed E-state index contributed by atoms with van der Waals surface area (Å²) in [6.07, 6.45) is 1.49. The molecular formula is C22H21Cl2N7O2. The monoisotopic (exact) mass is 485 g/mol. The van der Waals surface area contributed by atoms with Crippen molar-refractivity contribution in [1.82, 2.24) is 24.4 Å². The van der Waals surface area contributed by atoms with Gasteiger partial charge in [-0.15, -0.1) is 0 Å². The summed E-state index contributed by atoms with van der Waals surface area (Å²) < 4.78 is 6.84. The highest BCUT2D eigenvalue weighted by Gasteiger charge is 2.17. The summed E-state index contributed by atoms with van der Waals surface area (Å²) in [5.41, 5.74) is 6.76. The number of nitrogens with zero attached hydrogens (tertiary/aromatic N) is 5. The molecule has 0 amide bonds. The molecule has 3 N–H and O–H groups in total. The van der Waals surface area contributed by atoms with Crippen LogP contribution in [0.1, 0.15) is 0 Å². The lowest BCUT2D eigenvalue weighted by atomic mass is 10.3. The summed E-state index contributed by atoms with van der Waals surface area (Å²) in [5, 5.41) is 4.01. The zero-order valence-electron chi connectivity index (χ0n) is 17.9. The molecular weight excluding hydrogens is 465 g/mol. The van der Waals surface area contributed by atoms with Gasteiger partial charge < -0.3 is 20.7 Å². The van der Waals surface area contributed by atoms with E-state index in [1.54, 1.807) is 18.2 Å². The van der Waals surface area contributed by atoms with Crippen LogP contribution in [0.3, 0.4) is 0 Å². The van der Waals surface area contributed by atoms with Crippen molar-refractivity contribution in [2.45, 2.75) is 0 Å². The lowest BCUT2D eigenvalue weighted by Gasteiger charge is -2.14. The lowest BCUT2D eigenvalue weighted by molar-refractivity contribution is 0.261. The molecule has 4 rings (SSSR count). The van der Waals surface area contributed by atoms with E-state index in [1.807, 2.05) is 43.3 Å². The van der Waals surface area contributed by atoms with Gasteiger partial charge in [0.05, 0.1) is 21.1 Å². The van der Waals surface area contributed by atoms with Crippen LogP contribution in [0, 0.1) is 0 Å². The smallest absolute Gasteiger partial charge is 0.355 e. The molecule has 0 bridgehead atoms. The van der Waals surface area contributed by atoms with E-state index in [0.29, 0.717) is 12.0 Å². The number of halogens is 2. The van der Waals surface area contributed by atoms with Crippen LogP contribution in [0.5, 0.6) is 5.75 Å². The number of anilines is 3. The van der Waals surface area contributed by atoms with Gasteiger partial charge in [0, 0.05) is 18.4 Å². The molecule has 0 radical (unpaired) electrons. The van der Waals surface area contributed by atoms with Crippen molar-refractivity contribution in [2.24, 2.45) is 0 Å². The molecule has 0 aliphatic heterocycles. The van der Waals surface area contributed by atoms with Gasteiger partial charge in [0.2, 0.25) is 5.95 Å². The normalized spacial score (nSPS) is 11.2. The molecule has 170 valence electrons. The van der Waals surface area contributed by atoms with E-state index in [-0.39, 0.29) is 33.1 Å². The molecule has 33 heavy (non-hydrogen) atoms. The molecule has 2 aromatic heterocycles. The zero-order chi connectivity index (χ0) is 23.5. The molecule has 0 aliphatic carbocycles. The largest absolute Gasteiger partial charge is 0.492 e. The van der Waals surface area contributed by atoms with Crippen LogP contribution >= 0.6 is 23.2 Å². The minimum atomic E-state index is -0.654. The fourth-order valence-corrected chi connectivity index (χ4v) is 3.66. The van der Waals surface area contributed by atoms with Crippen LogP contribution in [-0.2, 0) is 0 Å². The fourth-order valence-electron chi connectivity index (χ4n) is 3.09. The van der Waals surface area contributed by atoms with E-state index in [2.05, 4.69) is 20.3 Å².